The molecule has 0 aliphatic heterocycles. The minimum Gasteiger partial charge on any atom is -0.478 e. The number of hydrogen-bond acceptors (Lipinski definition) is 4. The SMILES string of the molecule is CC(C)CN(c1ncc(N)cc1C(=O)O)C1CC1. The number of aromatic carboxylic acids is 1. The summed E-state index contributed by atoms with van der Waals surface area (Å²) >= 11 is 0. The van der Waals surface area contributed by atoms with Crippen LogP contribution >= 0.6 is 0 Å². The van der Waals surface area contributed by atoms with Gasteiger partial charge in [0.25, 0.3) is 0 Å². The van der Waals surface area contributed by atoms with Gasteiger partial charge in [-0.3, -0.25) is 0 Å². The second-order valence-corrected chi connectivity index (χ2v) is 5.22. The third kappa shape index (κ3) is 2.72. The van der Waals surface area contributed by atoms with E-state index in [4.69, 9.17) is 5.73 Å². The molecule has 1 fully saturated rings. The molecule has 5 nitrogen and oxygen atoms in total. The van der Waals surface area contributed by atoms with Crippen molar-refractivity contribution in [2.24, 2.45) is 5.92 Å². The van der Waals surface area contributed by atoms with E-state index in [2.05, 4.69) is 23.7 Å². The minimum absolute atomic E-state index is 0.197. The first-order valence-corrected chi connectivity index (χ1v) is 6.24. The minimum atomic E-state index is -0.973. The molecule has 0 unspecified atom stereocenters. The van der Waals surface area contributed by atoms with E-state index in [0.717, 1.165) is 19.4 Å². The summed E-state index contributed by atoms with van der Waals surface area (Å²) in [6.45, 7) is 5.06. The number of nitrogens with zero attached hydrogens (tertiary/aromatic N) is 2. The largest absolute Gasteiger partial charge is 0.478 e. The smallest absolute Gasteiger partial charge is 0.339 e. The van der Waals surface area contributed by atoms with E-state index in [9.17, 15) is 9.90 Å². The molecular formula is C13H19N3O2. The van der Waals surface area contributed by atoms with Crippen molar-refractivity contribution in [2.75, 3.05) is 17.2 Å². The van der Waals surface area contributed by atoms with Crippen molar-refractivity contribution >= 4 is 17.5 Å². The van der Waals surface area contributed by atoms with Crippen molar-refractivity contribution in [3.8, 4) is 0 Å². The lowest BCUT2D eigenvalue weighted by Gasteiger charge is -2.26. The number of nitrogen functional groups attached to an aromatic ring is 1. The Morgan fingerprint density at radius 2 is 2.28 bits per heavy atom. The quantitative estimate of drug-likeness (QED) is 0.834. The van der Waals surface area contributed by atoms with E-state index < -0.39 is 5.97 Å². The molecule has 0 atom stereocenters. The summed E-state index contributed by atoms with van der Waals surface area (Å²) in [5.74, 6) is 0.0405. The zero-order chi connectivity index (χ0) is 13.3. The maximum absolute atomic E-state index is 11.3. The second-order valence-electron chi connectivity index (χ2n) is 5.22. The fraction of sp³-hybridized carbons (Fsp3) is 0.538. The van der Waals surface area contributed by atoms with Gasteiger partial charge in [0.05, 0.1) is 11.9 Å². The highest BCUT2D eigenvalue weighted by atomic mass is 16.4. The van der Waals surface area contributed by atoms with Crippen LogP contribution in [0.1, 0.15) is 37.0 Å². The summed E-state index contributed by atoms with van der Waals surface area (Å²) < 4.78 is 0. The van der Waals surface area contributed by atoms with Crippen molar-refractivity contribution in [2.45, 2.75) is 32.7 Å². The Bertz CT molecular complexity index is 456. The van der Waals surface area contributed by atoms with Gasteiger partial charge in [0.15, 0.2) is 0 Å². The van der Waals surface area contributed by atoms with Crippen LogP contribution in [-0.4, -0.2) is 28.6 Å². The van der Waals surface area contributed by atoms with E-state index in [1.165, 1.54) is 12.3 Å². The molecule has 1 saturated carbocycles. The molecule has 0 aromatic carbocycles. The van der Waals surface area contributed by atoms with Crippen molar-refractivity contribution in [1.82, 2.24) is 4.98 Å². The first kappa shape index (κ1) is 12.7. The summed E-state index contributed by atoms with van der Waals surface area (Å²) in [7, 11) is 0. The van der Waals surface area contributed by atoms with Gasteiger partial charge >= 0.3 is 5.97 Å². The normalized spacial score (nSPS) is 14.8. The Kier molecular flexibility index (Phi) is 3.41. The Hall–Kier alpha value is -1.78. The van der Waals surface area contributed by atoms with E-state index in [1.807, 2.05) is 0 Å². The van der Waals surface area contributed by atoms with Crippen LogP contribution in [0.15, 0.2) is 12.3 Å². The van der Waals surface area contributed by atoms with Crippen LogP contribution in [0.5, 0.6) is 0 Å². The van der Waals surface area contributed by atoms with E-state index in [0.29, 0.717) is 23.5 Å². The first-order valence-electron chi connectivity index (χ1n) is 6.24. The van der Waals surface area contributed by atoms with Crippen LogP contribution in [0, 0.1) is 5.92 Å². The van der Waals surface area contributed by atoms with Crippen molar-refractivity contribution in [3.63, 3.8) is 0 Å². The predicted molar refractivity (Wildman–Crippen MR) is 70.8 cm³/mol. The number of aromatic nitrogens is 1. The monoisotopic (exact) mass is 249 g/mol. The fourth-order valence-corrected chi connectivity index (χ4v) is 2.05. The predicted octanol–water partition coefficient (Wildman–Crippen LogP) is 1.99. The molecule has 0 saturated heterocycles. The van der Waals surface area contributed by atoms with Crippen LogP contribution in [0.2, 0.25) is 0 Å². The number of carbonyl (C=O) groups is 1. The van der Waals surface area contributed by atoms with Gasteiger partial charge in [-0.1, -0.05) is 13.8 Å². The van der Waals surface area contributed by atoms with Crippen LogP contribution in [0.25, 0.3) is 0 Å². The summed E-state index contributed by atoms with van der Waals surface area (Å²) in [6, 6.07) is 1.92. The lowest BCUT2D eigenvalue weighted by molar-refractivity contribution is 0.0697. The molecule has 0 spiro atoms. The van der Waals surface area contributed by atoms with Gasteiger partial charge in [-0.05, 0) is 24.8 Å². The van der Waals surface area contributed by atoms with Crippen molar-refractivity contribution in [3.05, 3.63) is 17.8 Å². The highest BCUT2D eigenvalue weighted by Gasteiger charge is 2.32. The molecule has 1 aromatic heterocycles. The lowest BCUT2D eigenvalue weighted by Crippen LogP contribution is -2.32. The van der Waals surface area contributed by atoms with Gasteiger partial charge in [-0.2, -0.15) is 0 Å². The van der Waals surface area contributed by atoms with Crippen LogP contribution in [0.4, 0.5) is 11.5 Å². The average molecular weight is 249 g/mol. The van der Waals surface area contributed by atoms with E-state index >= 15 is 0 Å². The molecule has 0 bridgehead atoms. The molecule has 18 heavy (non-hydrogen) atoms. The number of rotatable bonds is 5. The molecule has 1 aliphatic carbocycles. The maximum atomic E-state index is 11.3. The first-order chi connectivity index (χ1) is 8.49. The number of carboxylic acids is 1. The van der Waals surface area contributed by atoms with Crippen LogP contribution < -0.4 is 10.6 Å². The van der Waals surface area contributed by atoms with Gasteiger partial charge in [-0.15, -0.1) is 0 Å². The maximum Gasteiger partial charge on any atom is 0.339 e. The molecule has 0 radical (unpaired) electrons. The number of pyridine rings is 1. The molecule has 1 aliphatic rings. The number of anilines is 2. The zero-order valence-corrected chi connectivity index (χ0v) is 10.8. The van der Waals surface area contributed by atoms with Gasteiger partial charge in [0.2, 0.25) is 0 Å². The summed E-state index contributed by atoms with van der Waals surface area (Å²) in [6.07, 6.45) is 3.74. The van der Waals surface area contributed by atoms with Gasteiger partial charge < -0.3 is 15.7 Å². The third-order valence-corrected chi connectivity index (χ3v) is 2.94. The van der Waals surface area contributed by atoms with Crippen LogP contribution in [0.3, 0.4) is 0 Å². The fourth-order valence-electron chi connectivity index (χ4n) is 2.05. The second kappa shape index (κ2) is 4.84. The van der Waals surface area contributed by atoms with E-state index in [1.54, 1.807) is 0 Å². The molecule has 5 heteroatoms. The molecule has 98 valence electrons. The lowest BCUT2D eigenvalue weighted by atomic mass is 10.1. The molecule has 1 heterocycles. The summed E-state index contributed by atoms with van der Waals surface area (Å²) in [4.78, 5) is 17.6. The molecule has 1 aromatic rings. The summed E-state index contributed by atoms with van der Waals surface area (Å²) in [5.41, 5.74) is 6.20. The van der Waals surface area contributed by atoms with Gasteiger partial charge in [-0.25, -0.2) is 9.78 Å². The third-order valence-electron chi connectivity index (χ3n) is 2.94. The van der Waals surface area contributed by atoms with Crippen LogP contribution in [-0.2, 0) is 0 Å². The molecular weight excluding hydrogens is 230 g/mol. The summed E-state index contributed by atoms with van der Waals surface area (Å²) in [5, 5.41) is 9.25. The number of carboxylic acid groups (broad SMARTS) is 1. The Morgan fingerprint density at radius 3 is 2.78 bits per heavy atom. The highest BCUT2D eigenvalue weighted by Crippen LogP contribution is 2.33. The Labute approximate surface area is 107 Å². The van der Waals surface area contributed by atoms with Gasteiger partial charge in [0, 0.05) is 12.6 Å². The Balaban J connectivity index is 2.37. The highest BCUT2D eigenvalue weighted by molar-refractivity contribution is 5.94. The Morgan fingerprint density at radius 1 is 1.61 bits per heavy atom. The molecule has 0 amide bonds. The molecule has 3 N–H and O–H groups in total. The standard InChI is InChI=1S/C13H19N3O2/c1-8(2)7-16(10-3-4-10)12-11(13(17)18)5-9(14)6-15-12/h5-6,8,10H,3-4,7,14H2,1-2H3,(H,17,18). The number of hydrogen-bond donors (Lipinski definition) is 2. The molecule has 2 rings (SSSR count). The topological polar surface area (TPSA) is 79.5 Å². The van der Waals surface area contributed by atoms with E-state index in [-0.39, 0.29) is 5.56 Å². The van der Waals surface area contributed by atoms with Crippen molar-refractivity contribution < 1.29 is 9.90 Å². The van der Waals surface area contributed by atoms with Gasteiger partial charge in [0.1, 0.15) is 11.4 Å². The average Bonchev–Trinajstić information content (AvgIpc) is 3.09. The number of nitrogens with two attached hydrogens (primary N) is 1. The zero-order valence-electron chi connectivity index (χ0n) is 10.8. The van der Waals surface area contributed by atoms with Crippen molar-refractivity contribution in [1.29, 1.82) is 0 Å².